The van der Waals surface area contributed by atoms with Crippen molar-refractivity contribution in [3.8, 4) is 17.2 Å². The van der Waals surface area contributed by atoms with Gasteiger partial charge in [-0.25, -0.2) is 9.24 Å². The lowest BCUT2D eigenvalue weighted by molar-refractivity contribution is -0.131. The number of hydrogen-bond donors (Lipinski definition) is 3. The van der Waals surface area contributed by atoms with Crippen LogP contribution in [0.2, 0.25) is 0 Å². The van der Waals surface area contributed by atoms with Gasteiger partial charge in [0.05, 0.1) is 24.7 Å². The second-order valence-electron chi connectivity index (χ2n) is 7.57. The molecule has 3 aromatic rings. The average Bonchev–Trinajstić information content (AvgIpc) is 2.78. The van der Waals surface area contributed by atoms with E-state index in [1.165, 1.54) is 19.1 Å². The molecule has 3 rings (SSSR count). The summed E-state index contributed by atoms with van der Waals surface area (Å²) >= 11 is 0. The van der Waals surface area contributed by atoms with Crippen LogP contribution >= 0.6 is 0 Å². The highest BCUT2D eigenvalue weighted by Crippen LogP contribution is 2.28. The highest BCUT2D eigenvalue weighted by Gasteiger charge is 2.30. The van der Waals surface area contributed by atoms with E-state index in [9.17, 15) is 19.6 Å². The zero-order chi connectivity index (χ0) is 23.3. The van der Waals surface area contributed by atoms with Gasteiger partial charge < -0.3 is 15.7 Å². The molecule has 0 spiro atoms. The number of carbonyl (C=O) groups is 1. The van der Waals surface area contributed by atoms with Gasteiger partial charge in [-0.2, -0.15) is 5.26 Å². The van der Waals surface area contributed by atoms with Crippen LogP contribution in [0.3, 0.4) is 0 Å². The third-order valence-corrected chi connectivity index (χ3v) is 5.00. The SMILES string of the molecule is [C-]#[N+]c1ccc(NC(=O)[C@@](C)(O)CNc2ccc(C#N)c(-c3ccc(F)cc3)c2)cc1C. The Balaban J connectivity index is 1.73. The summed E-state index contributed by atoms with van der Waals surface area (Å²) in [6.45, 7) is 10.2. The van der Waals surface area contributed by atoms with Crippen molar-refractivity contribution in [3.63, 3.8) is 0 Å². The summed E-state index contributed by atoms with van der Waals surface area (Å²) in [6, 6.07) is 17.8. The summed E-state index contributed by atoms with van der Waals surface area (Å²) in [5, 5.41) is 25.8. The van der Waals surface area contributed by atoms with Gasteiger partial charge in [0.25, 0.3) is 5.91 Å². The van der Waals surface area contributed by atoms with E-state index in [1.807, 2.05) is 0 Å². The molecule has 0 radical (unpaired) electrons. The van der Waals surface area contributed by atoms with E-state index in [-0.39, 0.29) is 12.4 Å². The van der Waals surface area contributed by atoms with Crippen LogP contribution < -0.4 is 10.6 Å². The Kier molecular flexibility index (Phi) is 6.53. The fraction of sp³-hybridized carbons (Fsp3) is 0.160. The lowest BCUT2D eigenvalue weighted by Gasteiger charge is -2.24. The summed E-state index contributed by atoms with van der Waals surface area (Å²) < 4.78 is 13.3. The summed E-state index contributed by atoms with van der Waals surface area (Å²) in [5.74, 6) is -0.977. The largest absolute Gasteiger partial charge is 0.382 e. The Hall–Kier alpha value is -4.20. The quantitative estimate of drug-likeness (QED) is 0.481. The lowest BCUT2D eigenvalue weighted by atomic mass is 9.99. The first-order valence-electron chi connectivity index (χ1n) is 9.79. The molecule has 6 nitrogen and oxygen atoms in total. The molecule has 0 aromatic heterocycles. The maximum atomic E-state index is 13.3. The molecule has 0 fully saturated rings. The van der Waals surface area contributed by atoms with Crippen LogP contribution in [0.5, 0.6) is 0 Å². The van der Waals surface area contributed by atoms with Crippen molar-refractivity contribution in [1.82, 2.24) is 0 Å². The zero-order valence-corrected chi connectivity index (χ0v) is 17.6. The van der Waals surface area contributed by atoms with Crippen LogP contribution in [0.15, 0.2) is 60.7 Å². The molecule has 0 unspecified atom stereocenters. The number of nitrogens with one attached hydrogen (secondary N) is 2. The number of aryl methyl sites for hydroxylation is 1. The zero-order valence-electron chi connectivity index (χ0n) is 17.6. The van der Waals surface area contributed by atoms with Crippen LogP contribution in [0.4, 0.5) is 21.5 Å². The second kappa shape index (κ2) is 9.30. The van der Waals surface area contributed by atoms with Crippen LogP contribution in [0, 0.1) is 30.6 Å². The number of hydrogen-bond acceptors (Lipinski definition) is 4. The third-order valence-electron chi connectivity index (χ3n) is 5.00. The topological polar surface area (TPSA) is 89.5 Å². The number of halogens is 1. The lowest BCUT2D eigenvalue weighted by Crippen LogP contribution is -2.45. The molecular weight excluding hydrogens is 407 g/mol. The summed E-state index contributed by atoms with van der Waals surface area (Å²) in [5.41, 5.74) is 2.26. The smallest absolute Gasteiger partial charge is 0.257 e. The highest BCUT2D eigenvalue weighted by atomic mass is 19.1. The first-order valence-corrected chi connectivity index (χ1v) is 9.79. The van der Waals surface area contributed by atoms with Gasteiger partial charge in [-0.05, 0) is 67.4 Å². The van der Waals surface area contributed by atoms with E-state index >= 15 is 0 Å². The van der Waals surface area contributed by atoms with Crippen molar-refractivity contribution in [3.05, 3.63) is 89.0 Å². The molecular formula is C25H21FN4O2. The molecule has 0 aliphatic heterocycles. The first kappa shape index (κ1) is 22.5. The van der Waals surface area contributed by atoms with E-state index in [4.69, 9.17) is 6.57 Å². The van der Waals surface area contributed by atoms with E-state index in [2.05, 4.69) is 21.5 Å². The van der Waals surface area contributed by atoms with Crippen molar-refractivity contribution < 1.29 is 14.3 Å². The second-order valence-corrected chi connectivity index (χ2v) is 7.57. The van der Waals surface area contributed by atoms with E-state index in [0.717, 1.165) is 5.56 Å². The summed E-state index contributed by atoms with van der Waals surface area (Å²) in [7, 11) is 0. The Bertz CT molecular complexity index is 1240. The van der Waals surface area contributed by atoms with Crippen LogP contribution in [-0.4, -0.2) is 23.2 Å². The van der Waals surface area contributed by atoms with Gasteiger partial charge in [0.2, 0.25) is 0 Å². The molecule has 0 heterocycles. The molecule has 160 valence electrons. The molecule has 0 aliphatic carbocycles. The van der Waals surface area contributed by atoms with Gasteiger partial charge in [-0.15, -0.1) is 0 Å². The molecule has 1 atom stereocenters. The minimum Gasteiger partial charge on any atom is -0.382 e. The summed E-state index contributed by atoms with van der Waals surface area (Å²) in [4.78, 5) is 16.0. The molecule has 0 saturated heterocycles. The van der Waals surface area contributed by atoms with E-state index in [0.29, 0.717) is 33.8 Å². The Morgan fingerprint density at radius 3 is 2.47 bits per heavy atom. The third kappa shape index (κ3) is 5.10. The van der Waals surface area contributed by atoms with Crippen molar-refractivity contribution in [2.45, 2.75) is 19.4 Å². The standard InChI is InChI=1S/C25H21FN4O2/c1-16-12-21(10-11-23(16)28-3)30-24(31)25(2,32)15-29-20-9-6-18(14-27)22(13-20)17-4-7-19(26)8-5-17/h4-13,29,32H,15H2,1-2H3,(H,30,31)/t25-/m0/s1. The van der Waals surface area contributed by atoms with Crippen molar-refractivity contribution in [2.24, 2.45) is 0 Å². The number of rotatable bonds is 6. The Morgan fingerprint density at radius 2 is 1.84 bits per heavy atom. The molecule has 32 heavy (non-hydrogen) atoms. The molecule has 0 bridgehead atoms. The normalized spacial score (nSPS) is 12.2. The minimum absolute atomic E-state index is 0.0906. The monoisotopic (exact) mass is 428 g/mol. The van der Waals surface area contributed by atoms with Gasteiger partial charge in [0.15, 0.2) is 11.3 Å². The van der Waals surface area contributed by atoms with Gasteiger partial charge >= 0.3 is 0 Å². The van der Waals surface area contributed by atoms with Crippen LogP contribution in [-0.2, 0) is 4.79 Å². The highest BCUT2D eigenvalue weighted by molar-refractivity contribution is 5.97. The van der Waals surface area contributed by atoms with E-state index in [1.54, 1.807) is 55.5 Å². The molecule has 0 saturated carbocycles. The molecule has 7 heteroatoms. The van der Waals surface area contributed by atoms with Crippen LogP contribution in [0.1, 0.15) is 18.1 Å². The Labute approximate surface area is 185 Å². The van der Waals surface area contributed by atoms with Crippen molar-refractivity contribution in [1.29, 1.82) is 5.26 Å². The van der Waals surface area contributed by atoms with Crippen molar-refractivity contribution in [2.75, 3.05) is 17.2 Å². The number of anilines is 2. The molecule has 1 amide bonds. The molecule has 3 aromatic carbocycles. The fourth-order valence-corrected chi connectivity index (χ4v) is 3.10. The van der Waals surface area contributed by atoms with Gasteiger partial charge in [0, 0.05) is 16.9 Å². The maximum Gasteiger partial charge on any atom is 0.257 e. The van der Waals surface area contributed by atoms with Gasteiger partial charge in [-0.1, -0.05) is 18.2 Å². The Morgan fingerprint density at radius 1 is 1.16 bits per heavy atom. The average molecular weight is 428 g/mol. The minimum atomic E-state index is -1.74. The number of nitriles is 1. The predicted octanol–water partition coefficient (Wildman–Crippen LogP) is 5.03. The van der Waals surface area contributed by atoms with Crippen molar-refractivity contribution >= 4 is 23.0 Å². The van der Waals surface area contributed by atoms with Gasteiger partial charge in [-0.3, -0.25) is 4.79 Å². The molecule has 3 N–H and O–H groups in total. The number of amides is 1. The number of carbonyl (C=O) groups excluding carboxylic acids is 1. The predicted molar refractivity (Wildman–Crippen MR) is 122 cm³/mol. The number of benzene rings is 3. The van der Waals surface area contributed by atoms with E-state index < -0.39 is 11.5 Å². The first-order chi connectivity index (χ1) is 15.2. The fourth-order valence-electron chi connectivity index (χ4n) is 3.10. The van der Waals surface area contributed by atoms with Crippen LogP contribution in [0.25, 0.3) is 16.0 Å². The molecule has 0 aliphatic rings. The number of aliphatic hydroxyl groups is 1. The van der Waals surface area contributed by atoms with Gasteiger partial charge in [0.1, 0.15) is 5.82 Å². The maximum absolute atomic E-state index is 13.3. The number of nitrogens with zero attached hydrogens (tertiary/aromatic N) is 2. The summed E-state index contributed by atoms with van der Waals surface area (Å²) in [6.07, 6.45) is 0.